The summed E-state index contributed by atoms with van der Waals surface area (Å²) >= 11 is 0. The van der Waals surface area contributed by atoms with Crippen molar-refractivity contribution < 1.29 is 14.6 Å². The summed E-state index contributed by atoms with van der Waals surface area (Å²) in [5.41, 5.74) is 0.682. The summed E-state index contributed by atoms with van der Waals surface area (Å²) in [6.45, 7) is 0. The molecule has 0 heterocycles. The number of carboxylic acid groups (broad SMARTS) is 1. The van der Waals surface area contributed by atoms with Gasteiger partial charge in [0, 0.05) is 6.08 Å². The summed E-state index contributed by atoms with van der Waals surface area (Å²) in [6, 6.07) is 8.01. The van der Waals surface area contributed by atoms with Crippen molar-refractivity contribution in [1.82, 2.24) is 0 Å². The second kappa shape index (κ2) is 4.30. The summed E-state index contributed by atoms with van der Waals surface area (Å²) in [4.78, 5) is 10.2. The standard InChI is InChI=1S/C10H9O3/c1-13-9-4-2-3-8(7-9)5-6-10(11)12/h2,4-7H,1H3,(H,11,12)/b6-5+. The lowest BCUT2D eigenvalue weighted by Gasteiger charge is -1.98. The molecule has 1 aromatic carbocycles. The molecule has 0 spiro atoms. The van der Waals surface area contributed by atoms with Crippen molar-refractivity contribution in [3.05, 3.63) is 35.9 Å². The lowest BCUT2D eigenvalue weighted by molar-refractivity contribution is -0.131. The first kappa shape index (κ1) is 9.32. The van der Waals surface area contributed by atoms with Crippen LogP contribution in [0.3, 0.4) is 0 Å². The molecule has 0 unspecified atom stereocenters. The highest BCUT2D eigenvalue weighted by Gasteiger charge is 1.92. The molecular formula is C10H9O3. The molecule has 0 aromatic heterocycles. The number of rotatable bonds is 3. The van der Waals surface area contributed by atoms with Gasteiger partial charge < -0.3 is 9.84 Å². The molecule has 0 saturated heterocycles. The van der Waals surface area contributed by atoms with Crippen molar-refractivity contribution in [2.75, 3.05) is 7.11 Å². The Morgan fingerprint density at radius 1 is 1.69 bits per heavy atom. The first-order chi connectivity index (χ1) is 6.22. The third kappa shape index (κ3) is 2.99. The highest BCUT2D eigenvalue weighted by atomic mass is 16.5. The predicted octanol–water partition coefficient (Wildman–Crippen LogP) is 1.59. The molecular weight excluding hydrogens is 168 g/mol. The Hall–Kier alpha value is -1.77. The van der Waals surface area contributed by atoms with Crippen molar-refractivity contribution in [3.63, 3.8) is 0 Å². The zero-order valence-electron chi connectivity index (χ0n) is 7.15. The maximum atomic E-state index is 10.2. The molecule has 0 saturated carbocycles. The fourth-order valence-electron chi connectivity index (χ4n) is 0.847. The van der Waals surface area contributed by atoms with Gasteiger partial charge in [0.15, 0.2) is 0 Å². The van der Waals surface area contributed by atoms with Crippen LogP contribution in [0.2, 0.25) is 0 Å². The van der Waals surface area contributed by atoms with Crippen LogP contribution in [0.1, 0.15) is 5.56 Å². The molecule has 3 nitrogen and oxygen atoms in total. The van der Waals surface area contributed by atoms with Gasteiger partial charge in [-0.3, -0.25) is 0 Å². The first-order valence-electron chi connectivity index (χ1n) is 3.69. The number of aliphatic carboxylic acids is 1. The lowest BCUT2D eigenvalue weighted by Crippen LogP contribution is -1.86. The third-order valence-electron chi connectivity index (χ3n) is 1.44. The summed E-state index contributed by atoms with van der Waals surface area (Å²) in [5, 5.41) is 8.37. The van der Waals surface area contributed by atoms with Crippen LogP contribution in [0, 0.1) is 6.07 Å². The second-order valence-electron chi connectivity index (χ2n) is 2.36. The average molecular weight is 177 g/mol. The molecule has 67 valence electrons. The molecule has 3 heteroatoms. The normalized spacial score (nSPS) is 10.2. The van der Waals surface area contributed by atoms with E-state index in [0.29, 0.717) is 11.3 Å². The number of methoxy groups -OCH3 is 1. The highest BCUT2D eigenvalue weighted by Crippen LogP contribution is 2.12. The van der Waals surface area contributed by atoms with E-state index in [1.54, 1.807) is 25.3 Å². The molecule has 0 aliphatic carbocycles. The molecule has 1 N–H and O–H groups in total. The molecule has 13 heavy (non-hydrogen) atoms. The van der Waals surface area contributed by atoms with Gasteiger partial charge in [0.2, 0.25) is 0 Å². The van der Waals surface area contributed by atoms with Crippen molar-refractivity contribution in [1.29, 1.82) is 0 Å². The Morgan fingerprint density at radius 3 is 3.08 bits per heavy atom. The molecule has 1 aromatic rings. The molecule has 0 atom stereocenters. The smallest absolute Gasteiger partial charge is 0.328 e. The van der Waals surface area contributed by atoms with Crippen LogP contribution < -0.4 is 4.74 Å². The van der Waals surface area contributed by atoms with Crippen LogP contribution in [0.15, 0.2) is 24.3 Å². The first-order valence-corrected chi connectivity index (χ1v) is 3.69. The molecule has 1 rings (SSSR count). The van der Waals surface area contributed by atoms with E-state index in [-0.39, 0.29) is 0 Å². The molecule has 0 bridgehead atoms. The number of hydrogen-bond acceptors (Lipinski definition) is 2. The van der Waals surface area contributed by atoms with Gasteiger partial charge in [-0.05, 0) is 29.8 Å². The average Bonchev–Trinajstić information content (AvgIpc) is 2.15. The van der Waals surface area contributed by atoms with E-state index in [9.17, 15) is 4.79 Å². The summed E-state index contributed by atoms with van der Waals surface area (Å²) in [7, 11) is 1.56. The predicted molar refractivity (Wildman–Crippen MR) is 48.5 cm³/mol. The fourth-order valence-corrected chi connectivity index (χ4v) is 0.847. The van der Waals surface area contributed by atoms with Crippen LogP contribution in [0.4, 0.5) is 0 Å². The summed E-state index contributed by atoms with van der Waals surface area (Å²) < 4.78 is 4.96. The zero-order valence-corrected chi connectivity index (χ0v) is 7.15. The van der Waals surface area contributed by atoms with Gasteiger partial charge in [0.05, 0.1) is 7.11 Å². The minimum absolute atomic E-state index is 0.682. The molecule has 1 radical (unpaired) electrons. The molecule has 0 aliphatic rings. The molecule has 0 aliphatic heterocycles. The number of benzene rings is 1. The van der Waals surface area contributed by atoms with Crippen molar-refractivity contribution in [2.45, 2.75) is 0 Å². The lowest BCUT2D eigenvalue weighted by atomic mass is 10.2. The van der Waals surface area contributed by atoms with Gasteiger partial charge in [-0.1, -0.05) is 6.07 Å². The molecule has 0 amide bonds. The Kier molecular flexibility index (Phi) is 3.09. The van der Waals surface area contributed by atoms with Crippen LogP contribution in [-0.4, -0.2) is 18.2 Å². The maximum Gasteiger partial charge on any atom is 0.328 e. The topological polar surface area (TPSA) is 46.5 Å². The Bertz CT molecular complexity index is 329. The number of ether oxygens (including phenoxy) is 1. The van der Waals surface area contributed by atoms with E-state index < -0.39 is 5.97 Å². The minimum Gasteiger partial charge on any atom is -0.497 e. The van der Waals surface area contributed by atoms with Crippen molar-refractivity contribution in [3.8, 4) is 5.75 Å². The van der Waals surface area contributed by atoms with Gasteiger partial charge in [0.25, 0.3) is 0 Å². The van der Waals surface area contributed by atoms with Gasteiger partial charge in [-0.15, -0.1) is 0 Å². The number of carbonyl (C=O) groups is 1. The van der Waals surface area contributed by atoms with E-state index in [1.165, 1.54) is 6.08 Å². The molecule has 0 fully saturated rings. The highest BCUT2D eigenvalue weighted by molar-refractivity contribution is 5.85. The van der Waals surface area contributed by atoms with E-state index in [2.05, 4.69) is 6.07 Å². The van der Waals surface area contributed by atoms with Crippen LogP contribution in [-0.2, 0) is 4.79 Å². The van der Waals surface area contributed by atoms with Crippen LogP contribution in [0.25, 0.3) is 6.08 Å². The van der Waals surface area contributed by atoms with Gasteiger partial charge in [-0.2, -0.15) is 0 Å². The van der Waals surface area contributed by atoms with Gasteiger partial charge in [0.1, 0.15) is 5.75 Å². The van der Waals surface area contributed by atoms with Crippen molar-refractivity contribution >= 4 is 12.0 Å². The number of carboxylic acids is 1. The Labute approximate surface area is 76.3 Å². The quantitative estimate of drug-likeness (QED) is 0.713. The zero-order chi connectivity index (χ0) is 9.68. The second-order valence-corrected chi connectivity index (χ2v) is 2.36. The monoisotopic (exact) mass is 177 g/mol. The van der Waals surface area contributed by atoms with Crippen LogP contribution >= 0.6 is 0 Å². The van der Waals surface area contributed by atoms with Gasteiger partial charge in [-0.25, -0.2) is 4.79 Å². The summed E-state index contributed by atoms with van der Waals surface area (Å²) in [5.74, 6) is -0.292. The Morgan fingerprint density at radius 2 is 2.46 bits per heavy atom. The van der Waals surface area contributed by atoms with E-state index in [4.69, 9.17) is 9.84 Å². The van der Waals surface area contributed by atoms with E-state index in [0.717, 1.165) is 6.08 Å². The van der Waals surface area contributed by atoms with Gasteiger partial charge >= 0.3 is 5.97 Å². The Balaban J connectivity index is 2.83. The number of hydrogen-bond donors (Lipinski definition) is 1. The third-order valence-corrected chi connectivity index (χ3v) is 1.44. The minimum atomic E-state index is -0.976. The maximum absolute atomic E-state index is 10.2. The SMILES string of the molecule is COc1cc[c]c(/C=C/C(=O)O)c1. The van der Waals surface area contributed by atoms with E-state index >= 15 is 0 Å². The van der Waals surface area contributed by atoms with Crippen molar-refractivity contribution in [2.24, 2.45) is 0 Å². The largest absolute Gasteiger partial charge is 0.497 e. The fraction of sp³-hybridized carbons (Fsp3) is 0.100. The summed E-state index contributed by atoms with van der Waals surface area (Å²) in [6.07, 6.45) is 2.52. The van der Waals surface area contributed by atoms with Crippen LogP contribution in [0.5, 0.6) is 5.75 Å². The van der Waals surface area contributed by atoms with E-state index in [1.807, 2.05) is 0 Å².